The van der Waals surface area contributed by atoms with E-state index in [2.05, 4.69) is 20.4 Å². The van der Waals surface area contributed by atoms with Crippen molar-refractivity contribution in [3.63, 3.8) is 0 Å². The van der Waals surface area contributed by atoms with Crippen LogP contribution in [-0.4, -0.2) is 47.4 Å². The fourth-order valence-electron chi connectivity index (χ4n) is 2.16. The Morgan fingerprint density at radius 2 is 2.11 bits per heavy atom. The molecule has 1 aromatic heterocycles. The Balaban J connectivity index is 1.36. The van der Waals surface area contributed by atoms with E-state index in [1.807, 2.05) is 0 Å². The molecule has 100 valence electrons. The fourth-order valence-corrected chi connectivity index (χ4v) is 2.82. The highest BCUT2D eigenvalue weighted by molar-refractivity contribution is 7.13. The highest BCUT2D eigenvalue weighted by Gasteiger charge is 2.20. The zero-order valence-electron chi connectivity index (χ0n) is 10.6. The number of hydrogen-bond donors (Lipinski definition) is 1. The first kappa shape index (κ1) is 12.3. The number of hydrogen-bond acceptors (Lipinski definition) is 6. The lowest BCUT2D eigenvalue weighted by molar-refractivity contribution is 0.236. The van der Waals surface area contributed by atoms with Gasteiger partial charge in [0.2, 0.25) is 0 Å². The lowest BCUT2D eigenvalue weighted by Gasteiger charge is -2.13. The molecule has 0 aromatic carbocycles. The van der Waals surface area contributed by atoms with Gasteiger partial charge >= 0.3 is 0 Å². The van der Waals surface area contributed by atoms with Gasteiger partial charge in [0.1, 0.15) is 11.6 Å². The van der Waals surface area contributed by atoms with Gasteiger partial charge in [0.05, 0.1) is 6.54 Å². The average molecular weight is 268 g/mol. The van der Waals surface area contributed by atoms with Crippen molar-refractivity contribution < 1.29 is 4.74 Å². The summed E-state index contributed by atoms with van der Waals surface area (Å²) in [6.45, 7) is 5.00. The monoisotopic (exact) mass is 268 g/mol. The second-order valence-electron chi connectivity index (χ2n) is 5.01. The molecule has 1 saturated carbocycles. The van der Waals surface area contributed by atoms with Gasteiger partial charge in [0.25, 0.3) is 5.19 Å². The molecule has 1 aromatic rings. The molecule has 1 N–H and O–H groups in total. The maximum absolute atomic E-state index is 5.65. The molecule has 18 heavy (non-hydrogen) atoms. The van der Waals surface area contributed by atoms with Crippen LogP contribution >= 0.6 is 11.3 Å². The van der Waals surface area contributed by atoms with E-state index in [-0.39, 0.29) is 0 Å². The first-order valence-electron chi connectivity index (χ1n) is 6.81. The Morgan fingerprint density at radius 1 is 1.28 bits per heavy atom. The number of nitrogens with zero attached hydrogens (tertiary/aromatic N) is 3. The summed E-state index contributed by atoms with van der Waals surface area (Å²) in [5.74, 6) is 0. The smallest absolute Gasteiger partial charge is 0.294 e. The molecule has 0 spiro atoms. The maximum Gasteiger partial charge on any atom is 0.294 e. The summed E-state index contributed by atoms with van der Waals surface area (Å²) in [5, 5.41) is 13.4. The molecule has 1 aliphatic heterocycles. The van der Waals surface area contributed by atoms with Crippen LogP contribution in [0.2, 0.25) is 0 Å². The molecule has 0 atom stereocenters. The molecule has 0 radical (unpaired) electrons. The van der Waals surface area contributed by atoms with Gasteiger partial charge in [0.15, 0.2) is 0 Å². The Bertz CT molecular complexity index is 374. The molecule has 3 rings (SSSR count). The van der Waals surface area contributed by atoms with E-state index in [4.69, 9.17) is 4.74 Å². The molecule has 0 amide bonds. The first-order valence-corrected chi connectivity index (χ1v) is 7.63. The largest absolute Gasteiger partial charge is 0.468 e. The molecule has 1 saturated heterocycles. The number of likely N-dealkylation sites (tertiary alicyclic amines) is 1. The van der Waals surface area contributed by atoms with Crippen molar-refractivity contribution >= 4 is 11.3 Å². The van der Waals surface area contributed by atoms with Crippen LogP contribution < -0.4 is 10.1 Å². The van der Waals surface area contributed by atoms with Crippen LogP contribution in [0.3, 0.4) is 0 Å². The van der Waals surface area contributed by atoms with E-state index < -0.39 is 0 Å². The van der Waals surface area contributed by atoms with E-state index in [0.717, 1.165) is 24.7 Å². The van der Waals surface area contributed by atoms with Gasteiger partial charge in [-0.05, 0) is 38.8 Å². The van der Waals surface area contributed by atoms with Gasteiger partial charge in [-0.15, -0.1) is 10.2 Å². The highest BCUT2D eigenvalue weighted by atomic mass is 32.1. The third-order valence-corrected chi connectivity index (χ3v) is 4.24. The van der Waals surface area contributed by atoms with Crippen molar-refractivity contribution in [2.45, 2.75) is 38.3 Å². The van der Waals surface area contributed by atoms with Crippen molar-refractivity contribution in [3.8, 4) is 5.19 Å². The molecule has 5 nitrogen and oxygen atoms in total. The molecular weight excluding hydrogens is 248 g/mol. The minimum Gasteiger partial charge on any atom is -0.468 e. The Morgan fingerprint density at radius 3 is 2.89 bits per heavy atom. The van der Waals surface area contributed by atoms with Crippen LogP contribution in [0.15, 0.2) is 0 Å². The van der Waals surface area contributed by atoms with Crippen LogP contribution in [0.4, 0.5) is 0 Å². The summed E-state index contributed by atoms with van der Waals surface area (Å²) in [5.41, 5.74) is 0. The number of aromatic nitrogens is 2. The highest BCUT2D eigenvalue weighted by Crippen LogP contribution is 2.22. The van der Waals surface area contributed by atoms with Crippen LogP contribution in [0, 0.1) is 0 Å². The third-order valence-electron chi connectivity index (χ3n) is 3.40. The molecule has 0 bridgehead atoms. The number of nitrogens with one attached hydrogen (secondary N) is 1. The summed E-state index contributed by atoms with van der Waals surface area (Å²) in [6.07, 6.45) is 5.27. The SMILES string of the molecule is C1CCN(CCOc2nnc(CNC3CC3)s2)C1. The Hall–Kier alpha value is -0.720. The normalized spacial score (nSPS) is 20.4. The molecule has 2 heterocycles. The lowest BCUT2D eigenvalue weighted by Crippen LogP contribution is -2.25. The number of ether oxygens (including phenoxy) is 1. The second-order valence-corrected chi connectivity index (χ2v) is 6.04. The Labute approximate surface area is 112 Å². The van der Waals surface area contributed by atoms with Gasteiger partial charge in [0, 0.05) is 12.6 Å². The van der Waals surface area contributed by atoms with Crippen molar-refractivity contribution in [2.75, 3.05) is 26.2 Å². The zero-order chi connectivity index (χ0) is 12.2. The standard InChI is InChI=1S/C12H20N4OS/c1-2-6-16(5-1)7-8-17-12-15-14-11(18-12)9-13-10-3-4-10/h10,13H,1-9H2. The van der Waals surface area contributed by atoms with Crippen molar-refractivity contribution in [3.05, 3.63) is 5.01 Å². The first-order chi connectivity index (χ1) is 8.90. The average Bonchev–Trinajstić information content (AvgIpc) is 2.89. The second kappa shape index (κ2) is 5.95. The lowest BCUT2D eigenvalue weighted by atomic mass is 10.4. The Kier molecular flexibility index (Phi) is 4.07. The molecule has 2 aliphatic rings. The maximum atomic E-state index is 5.65. The van der Waals surface area contributed by atoms with Gasteiger partial charge in [-0.3, -0.25) is 4.90 Å². The summed E-state index contributed by atoms with van der Waals surface area (Å²) < 4.78 is 5.65. The van der Waals surface area contributed by atoms with Crippen molar-refractivity contribution in [2.24, 2.45) is 0 Å². The third kappa shape index (κ3) is 3.63. The minimum atomic E-state index is 0.710. The molecule has 6 heteroatoms. The molecule has 0 unspecified atom stereocenters. The van der Waals surface area contributed by atoms with E-state index in [0.29, 0.717) is 11.2 Å². The van der Waals surface area contributed by atoms with Crippen LogP contribution in [-0.2, 0) is 6.54 Å². The number of rotatable bonds is 7. The van der Waals surface area contributed by atoms with Gasteiger partial charge in [-0.1, -0.05) is 11.3 Å². The van der Waals surface area contributed by atoms with Gasteiger partial charge in [-0.25, -0.2) is 0 Å². The quantitative estimate of drug-likeness (QED) is 0.807. The van der Waals surface area contributed by atoms with Gasteiger partial charge in [-0.2, -0.15) is 0 Å². The van der Waals surface area contributed by atoms with Crippen LogP contribution in [0.5, 0.6) is 5.19 Å². The fraction of sp³-hybridized carbons (Fsp3) is 0.833. The van der Waals surface area contributed by atoms with E-state index >= 15 is 0 Å². The minimum absolute atomic E-state index is 0.710. The summed E-state index contributed by atoms with van der Waals surface area (Å²) in [4.78, 5) is 2.44. The summed E-state index contributed by atoms with van der Waals surface area (Å²) in [7, 11) is 0. The summed E-state index contributed by atoms with van der Waals surface area (Å²) in [6, 6.07) is 0.716. The molecular formula is C12H20N4OS. The topological polar surface area (TPSA) is 50.3 Å². The predicted octanol–water partition coefficient (Wildman–Crippen LogP) is 1.26. The van der Waals surface area contributed by atoms with Crippen molar-refractivity contribution in [1.82, 2.24) is 20.4 Å². The van der Waals surface area contributed by atoms with E-state index in [1.54, 1.807) is 11.3 Å². The predicted molar refractivity (Wildman–Crippen MR) is 70.9 cm³/mol. The molecule has 2 fully saturated rings. The van der Waals surface area contributed by atoms with E-state index in [9.17, 15) is 0 Å². The van der Waals surface area contributed by atoms with E-state index in [1.165, 1.54) is 38.8 Å². The van der Waals surface area contributed by atoms with Gasteiger partial charge < -0.3 is 10.1 Å². The van der Waals surface area contributed by atoms with Crippen LogP contribution in [0.25, 0.3) is 0 Å². The zero-order valence-corrected chi connectivity index (χ0v) is 11.4. The van der Waals surface area contributed by atoms with Crippen molar-refractivity contribution in [1.29, 1.82) is 0 Å². The molecule has 1 aliphatic carbocycles. The summed E-state index contributed by atoms with van der Waals surface area (Å²) >= 11 is 1.56. The van der Waals surface area contributed by atoms with Crippen LogP contribution in [0.1, 0.15) is 30.7 Å².